The first-order valence-electron chi connectivity index (χ1n) is 3.07. The van der Waals surface area contributed by atoms with Crippen molar-refractivity contribution in [3.63, 3.8) is 0 Å². The normalized spacial score (nSPS) is 9.11. The van der Waals surface area contributed by atoms with Crippen molar-refractivity contribution in [2.24, 2.45) is 0 Å². The standard InChI is InChI=1S/C6H13NO2.H2/c1-3-6(8)7-4-5-9-2;/h3-5H2,1-2H3,(H,7,8);1H. The lowest BCUT2D eigenvalue weighted by Gasteiger charge is -1.99. The van der Waals surface area contributed by atoms with Crippen molar-refractivity contribution in [2.45, 2.75) is 13.3 Å². The molecule has 0 aromatic heterocycles. The first kappa shape index (κ1) is 8.43. The summed E-state index contributed by atoms with van der Waals surface area (Å²) in [5, 5.41) is 2.67. The van der Waals surface area contributed by atoms with Gasteiger partial charge in [0.25, 0.3) is 0 Å². The highest BCUT2D eigenvalue weighted by Gasteiger charge is 1.92. The van der Waals surface area contributed by atoms with Crippen LogP contribution >= 0.6 is 0 Å². The minimum atomic E-state index is 0. The molecule has 0 aromatic rings. The highest BCUT2D eigenvalue weighted by Crippen LogP contribution is 1.73. The van der Waals surface area contributed by atoms with E-state index in [1.54, 1.807) is 7.11 Å². The molecule has 0 aliphatic heterocycles. The van der Waals surface area contributed by atoms with Gasteiger partial charge in [-0.3, -0.25) is 4.79 Å². The second-order valence-corrected chi connectivity index (χ2v) is 1.70. The fourth-order valence-corrected chi connectivity index (χ4v) is 0.418. The Labute approximate surface area is 56.9 Å². The van der Waals surface area contributed by atoms with Gasteiger partial charge in [-0.15, -0.1) is 0 Å². The van der Waals surface area contributed by atoms with Gasteiger partial charge in [0.15, 0.2) is 0 Å². The molecule has 0 radical (unpaired) electrons. The van der Waals surface area contributed by atoms with E-state index >= 15 is 0 Å². The molecule has 56 valence electrons. The van der Waals surface area contributed by atoms with E-state index in [-0.39, 0.29) is 7.33 Å². The molecule has 3 nitrogen and oxygen atoms in total. The quantitative estimate of drug-likeness (QED) is 0.564. The van der Waals surface area contributed by atoms with Crippen molar-refractivity contribution in [3.05, 3.63) is 0 Å². The molecule has 9 heavy (non-hydrogen) atoms. The summed E-state index contributed by atoms with van der Waals surface area (Å²) in [4.78, 5) is 10.5. The van der Waals surface area contributed by atoms with Crippen LogP contribution in [0, 0.1) is 0 Å². The van der Waals surface area contributed by atoms with Gasteiger partial charge >= 0.3 is 0 Å². The van der Waals surface area contributed by atoms with Gasteiger partial charge in [-0.1, -0.05) is 6.92 Å². The third kappa shape index (κ3) is 5.30. The van der Waals surface area contributed by atoms with Crippen LogP contribution in [0.5, 0.6) is 0 Å². The average Bonchev–Trinajstić information content (AvgIpc) is 1.89. The van der Waals surface area contributed by atoms with Crippen molar-refractivity contribution < 1.29 is 11.0 Å². The zero-order chi connectivity index (χ0) is 7.11. The number of amides is 1. The van der Waals surface area contributed by atoms with E-state index in [9.17, 15) is 4.79 Å². The Hall–Kier alpha value is -0.570. The Kier molecular flexibility index (Phi) is 5.21. The fraction of sp³-hybridized carbons (Fsp3) is 0.833. The van der Waals surface area contributed by atoms with E-state index in [1.165, 1.54) is 0 Å². The van der Waals surface area contributed by atoms with Gasteiger partial charge in [-0.2, -0.15) is 0 Å². The fourth-order valence-electron chi connectivity index (χ4n) is 0.418. The van der Waals surface area contributed by atoms with Crippen LogP contribution in [0.2, 0.25) is 0 Å². The predicted molar refractivity (Wildman–Crippen MR) is 37.3 cm³/mol. The SMILES string of the molecule is CCC(=O)NCCOC.[HH]. The Morgan fingerprint density at radius 1 is 1.78 bits per heavy atom. The molecule has 3 heteroatoms. The Balaban J connectivity index is 0. The summed E-state index contributed by atoms with van der Waals surface area (Å²) in [6.07, 6.45) is 0.545. The molecule has 0 spiro atoms. The third-order valence-electron chi connectivity index (χ3n) is 0.949. The topological polar surface area (TPSA) is 38.3 Å². The summed E-state index contributed by atoms with van der Waals surface area (Å²) in [5.74, 6) is 0.0760. The number of hydrogen-bond acceptors (Lipinski definition) is 2. The summed E-state index contributed by atoms with van der Waals surface area (Å²) in [6.45, 7) is 3.02. The van der Waals surface area contributed by atoms with Crippen molar-refractivity contribution in [3.8, 4) is 0 Å². The molecule has 0 saturated carbocycles. The zero-order valence-electron chi connectivity index (χ0n) is 5.94. The molecule has 0 rings (SSSR count). The molecular weight excluding hydrogens is 118 g/mol. The minimum absolute atomic E-state index is 0. The van der Waals surface area contributed by atoms with Gasteiger partial charge in [0.2, 0.25) is 5.91 Å². The Morgan fingerprint density at radius 2 is 2.44 bits per heavy atom. The van der Waals surface area contributed by atoms with Gasteiger partial charge in [0.05, 0.1) is 6.61 Å². The number of methoxy groups -OCH3 is 1. The number of carbonyl (C=O) groups is 1. The van der Waals surface area contributed by atoms with Crippen LogP contribution in [-0.4, -0.2) is 26.2 Å². The van der Waals surface area contributed by atoms with E-state index in [1.807, 2.05) is 6.92 Å². The number of carbonyl (C=O) groups excluding carboxylic acids is 1. The maximum Gasteiger partial charge on any atom is 0.219 e. The lowest BCUT2D eigenvalue weighted by atomic mass is 10.4. The largest absolute Gasteiger partial charge is 0.383 e. The molecule has 0 heterocycles. The molecule has 0 unspecified atom stereocenters. The molecule has 0 atom stereocenters. The molecular formula is C6H15NO2. The van der Waals surface area contributed by atoms with E-state index in [0.717, 1.165) is 0 Å². The Morgan fingerprint density at radius 3 is 2.89 bits per heavy atom. The van der Waals surface area contributed by atoms with Crippen molar-refractivity contribution in [1.29, 1.82) is 0 Å². The van der Waals surface area contributed by atoms with Gasteiger partial charge in [-0.05, 0) is 0 Å². The summed E-state index contributed by atoms with van der Waals surface area (Å²) in [7, 11) is 1.61. The summed E-state index contributed by atoms with van der Waals surface area (Å²) >= 11 is 0. The molecule has 0 aromatic carbocycles. The molecule has 0 aliphatic carbocycles. The van der Waals surface area contributed by atoms with Crippen LogP contribution < -0.4 is 5.32 Å². The molecule has 0 bridgehead atoms. The summed E-state index contributed by atoms with van der Waals surface area (Å²) < 4.78 is 4.72. The average molecular weight is 133 g/mol. The van der Waals surface area contributed by atoms with Crippen LogP contribution in [0.15, 0.2) is 0 Å². The maximum atomic E-state index is 10.5. The van der Waals surface area contributed by atoms with Gasteiger partial charge in [0, 0.05) is 21.5 Å². The van der Waals surface area contributed by atoms with Gasteiger partial charge in [0.1, 0.15) is 0 Å². The number of nitrogens with one attached hydrogen (secondary N) is 1. The number of rotatable bonds is 4. The maximum absolute atomic E-state index is 10.5. The second kappa shape index (κ2) is 5.56. The number of ether oxygens (including phenoxy) is 1. The van der Waals surface area contributed by atoms with Gasteiger partial charge < -0.3 is 10.1 Å². The molecule has 1 N–H and O–H groups in total. The van der Waals surface area contributed by atoms with Crippen LogP contribution in [0.1, 0.15) is 14.8 Å². The van der Waals surface area contributed by atoms with Crippen molar-refractivity contribution >= 4 is 5.91 Å². The monoisotopic (exact) mass is 133 g/mol. The van der Waals surface area contributed by atoms with Crippen molar-refractivity contribution in [1.82, 2.24) is 5.32 Å². The lowest BCUT2D eigenvalue weighted by Crippen LogP contribution is -2.25. The van der Waals surface area contributed by atoms with Gasteiger partial charge in [-0.25, -0.2) is 0 Å². The highest BCUT2D eigenvalue weighted by atomic mass is 16.5. The van der Waals surface area contributed by atoms with E-state index in [2.05, 4.69) is 5.32 Å². The first-order chi connectivity index (χ1) is 4.31. The summed E-state index contributed by atoms with van der Waals surface area (Å²) in [5.41, 5.74) is 0. The lowest BCUT2D eigenvalue weighted by molar-refractivity contribution is -0.120. The van der Waals surface area contributed by atoms with Crippen LogP contribution in [0.3, 0.4) is 0 Å². The van der Waals surface area contributed by atoms with E-state index in [4.69, 9.17) is 4.74 Å². The molecule has 0 fully saturated rings. The first-order valence-corrected chi connectivity index (χ1v) is 3.07. The predicted octanol–water partition coefficient (Wildman–Crippen LogP) is 0.405. The summed E-state index contributed by atoms with van der Waals surface area (Å²) in [6, 6.07) is 0. The smallest absolute Gasteiger partial charge is 0.219 e. The molecule has 0 aliphatic rings. The van der Waals surface area contributed by atoms with Crippen LogP contribution in [0.25, 0.3) is 0 Å². The number of hydrogen-bond donors (Lipinski definition) is 1. The molecule has 1 amide bonds. The molecule has 0 saturated heterocycles. The highest BCUT2D eigenvalue weighted by molar-refractivity contribution is 5.75. The van der Waals surface area contributed by atoms with E-state index in [0.29, 0.717) is 19.6 Å². The van der Waals surface area contributed by atoms with Crippen LogP contribution in [-0.2, 0) is 9.53 Å². The van der Waals surface area contributed by atoms with Crippen molar-refractivity contribution in [2.75, 3.05) is 20.3 Å². The van der Waals surface area contributed by atoms with Crippen LogP contribution in [0.4, 0.5) is 0 Å². The second-order valence-electron chi connectivity index (χ2n) is 1.70. The van der Waals surface area contributed by atoms with E-state index < -0.39 is 0 Å². The Bertz CT molecular complexity index is 87.8. The minimum Gasteiger partial charge on any atom is -0.383 e. The zero-order valence-corrected chi connectivity index (χ0v) is 5.94. The third-order valence-corrected chi connectivity index (χ3v) is 0.949.